The first-order chi connectivity index (χ1) is 12.5. The Morgan fingerprint density at radius 1 is 1.31 bits per heavy atom. The number of sulfonamides is 1. The molecule has 0 aliphatic carbocycles. The summed E-state index contributed by atoms with van der Waals surface area (Å²) in [4.78, 5) is 13.9. The van der Waals surface area contributed by atoms with Crippen LogP contribution < -0.4 is 5.76 Å². The summed E-state index contributed by atoms with van der Waals surface area (Å²) in [5, 5.41) is 8.00. The molecule has 26 heavy (non-hydrogen) atoms. The van der Waals surface area contributed by atoms with Crippen LogP contribution in [0.1, 0.15) is 18.2 Å². The standard InChI is InChI=1S/C15H15N5O5S/c21-15-17-11-5-10(1-2-13(11)25-15)26(22,23)19-4-3-12-14(7-19)24-8-9-6-16-18-20(9)12/h1-2,5-6,12,14H,3-4,7-8H2,(H,17,21)/t12-,14-/m0/s1. The van der Waals surface area contributed by atoms with Gasteiger partial charge in [0.2, 0.25) is 10.0 Å². The van der Waals surface area contributed by atoms with E-state index in [1.165, 1.54) is 22.5 Å². The summed E-state index contributed by atoms with van der Waals surface area (Å²) < 4.78 is 40.0. The molecule has 2 atom stereocenters. The van der Waals surface area contributed by atoms with Crippen molar-refractivity contribution in [2.45, 2.75) is 30.1 Å². The molecule has 0 unspecified atom stereocenters. The van der Waals surface area contributed by atoms with Gasteiger partial charge in [0.1, 0.15) is 0 Å². The second-order valence-corrected chi connectivity index (χ2v) is 8.35. The number of benzene rings is 1. The third-order valence-electron chi connectivity index (χ3n) is 4.92. The Morgan fingerprint density at radius 3 is 3.08 bits per heavy atom. The largest absolute Gasteiger partial charge is 0.417 e. The predicted molar refractivity (Wildman–Crippen MR) is 87.8 cm³/mol. The van der Waals surface area contributed by atoms with Crippen molar-refractivity contribution in [1.29, 1.82) is 0 Å². The molecule has 4 heterocycles. The van der Waals surface area contributed by atoms with E-state index < -0.39 is 15.8 Å². The highest BCUT2D eigenvalue weighted by Crippen LogP contribution is 2.33. The fourth-order valence-electron chi connectivity index (χ4n) is 3.62. The molecule has 136 valence electrons. The van der Waals surface area contributed by atoms with Crippen LogP contribution in [-0.2, 0) is 21.4 Å². The lowest BCUT2D eigenvalue weighted by molar-refractivity contribution is -0.0543. The molecule has 0 saturated carbocycles. The third-order valence-corrected chi connectivity index (χ3v) is 6.78. The lowest BCUT2D eigenvalue weighted by Crippen LogP contribution is -2.50. The minimum absolute atomic E-state index is 0.0135. The van der Waals surface area contributed by atoms with Gasteiger partial charge in [0.25, 0.3) is 0 Å². The van der Waals surface area contributed by atoms with Crippen LogP contribution in [0.15, 0.2) is 38.5 Å². The van der Waals surface area contributed by atoms with Crippen molar-refractivity contribution < 1.29 is 17.6 Å². The van der Waals surface area contributed by atoms with Crippen molar-refractivity contribution in [3.05, 3.63) is 40.6 Å². The number of aromatic nitrogens is 4. The Balaban J connectivity index is 1.45. The first-order valence-electron chi connectivity index (χ1n) is 8.16. The third kappa shape index (κ3) is 2.31. The summed E-state index contributed by atoms with van der Waals surface area (Å²) in [7, 11) is -3.71. The summed E-state index contributed by atoms with van der Waals surface area (Å²) >= 11 is 0. The van der Waals surface area contributed by atoms with Crippen LogP contribution in [0.3, 0.4) is 0 Å². The van der Waals surface area contributed by atoms with Crippen molar-refractivity contribution in [1.82, 2.24) is 24.3 Å². The maximum atomic E-state index is 13.0. The topological polar surface area (TPSA) is 123 Å². The van der Waals surface area contributed by atoms with Crippen LogP contribution in [-0.4, -0.2) is 51.9 Å². The van der Waals surface area contributed by atoms with E-state index in [1.54, 1.807) is 6.20 Å². The highest BCUT2D eigenvalue weighted by atomic mass is 32.2. The number of ether oxygens (including phenoxy) is 1. The number of nitrogens with one attached hydrogen (secondary N) is 1. The van der Waals surface area contributed by atoms with Gasteiger partial charge >= 0.3 is 5.76 Å². The molecule has 2 aliphatic heterocycles. The van der Waals surface area contributed by atoms with Crippen molar-refractivity contribution in [2.24, 2.45) is 0 Å². The van der Waals surface area contributed by atoms with Gasteiger partial charge in [-0.1, -0.05) is 5.21 Å². The zero-order valence-electron chi connectivity index (χ0n) is 13.5. The SMILES string of the molecule is O=c1[nH]c2cc(S(=O)(=O)N3CC[C@H]4[C@H](C3)OCc3cnnn34)ccc2o1. The molecule has 5 rings (SSSR count). The summed E-state index contributed by atoms with van der Waals surface area (Å²) in [6, 6.07) is 4.32. The molecule has 1 aromatic carbocycles. The molecule has 1 N–H and O–H groups in total. The minimum Gasteiger partial charge on any atom is -0.408 e. The van der Waals surface area contributed by atoms with Gasteiger partial charge in [0.05, 0.1) is 41.1 Å². The maximum Gasteiger partial charge on any atom is 0.417 e. The van der Waals surface area contributed by atoms with Gasteiger partial charge < -0.3 is 9.15 Å². The summed E-state index contributed by atoms with van der Waals surface area (Å²) in [6.45, 7) is 0.961. The van der Waals surface area contributed by atoms with Crippen LogP contribution in [0.5, 0.6) is 0 Å². The van der Waals surface area contributed by atoms with Crippen molar-refractivity contribution in [3.63, 3.8) is 0 Å². The molecule has 1 saturated heterocycles. The Labute approximate surface area is 147 Å². The number of hydrogen-bond donors (Lipinski definition) is 1. The zero-order chi connectivity index (χ0) is 17.9. The zero-order valence-corrected chi connectivity index (χ0v) is 14.3. The van der Waals surface area contributed by atoms with E-state index in [1.807, 2.05) is 4.68 Å². The fourth-order valence-corrected chi connectivity index (χ4v) is 5.11. The lowest BCUT2D eigenvalue weighted by Gasteiger charge is -2.40. The molecule has 2 aromatic heterocycles. The van der Waals surface area contributed by atoms with Crippen molar-refractivity contribution in [2.75, 3.05) is 13.1 Å². The van der Waals surface area contributed by atoms with Gasteiger partial charge in [-0.2, -0.15) is 4.31 Å². The molecule has 11 heteroatoms. The van der Waals surface area contributed by atoms with Gasteiger partial charge in [-0.25, -0.2) is 17.9 Å². The molecule has 0 spiro atoms. The quantitative estimate of drug-likeness (QED) is 0.679. The van der Waals surface area contributed by atoms with Gasteiger partial charge in [0.15, 0.2) is 5.58 Å². The Hall–Kier alpha value is -2.50. The second-order valence-electron chi connectivity index (χ2n) is 6.41. The lowest BCUT2D eigenvalue weighted by atomic mass is 10.0. The average Bonchev–Trinajstić information content (AvgIpc) is 3.25. The van der Waals surface area contributed by atoms with Gasteiger partial charge in [-0.05, 0) is 24.6 Å². The number of hydrogen-bond acceptors (Lipinski definition) is 7. The van der Waals surface area contributed by atoms with Crippen LogP contribution >= 0.6 is 0 Å². The number of aromatic amines is 1. The van der Waals surface area contributed by atoms with Gasteiger partial charge in [-0.15, -0.1) is 5.10 Å². The smallest absolute Gasteiger partial charge is 0.408 e. The van der Waals surface area contributed by atoms with E-state index >= 15 is 0 Å². The minimum atomic E-state index is -3.71. The van der Waals surface area contributed by atoms with Crippen LogP contribution in [0.25, 0.3) is 11.1 Å². The second kappa shape index (κ2) is 5.50. The van der Waals surface area contributed by atoms with E-state index in [0.29, 0.717) is 30.7 Å². The van der Waals surface area contributed by atoms with E-state index in [-0.39, 0.29) is 23.6 Å². The van der Waals surface area contributed by atoms with Crippen molar-refractivity contribution in [3.8, 4) is 0 Å². The van der Waals surface area contributed by atoms with E-state index in [0.717, 1.165) is 5.69 Å². The number of oxazole rings is 1. The summed E-state index contributed by atoms with van der Waals surface area (Å²) in [5.74, 6) is -0.616. The first kappa shape index (κ1) is 15.7. The number of fused-ring (bicyclic) bond motifs is 4. The number of H-pyrrole nitrogens is 1. The molecular formula is C15H15N5O5S. The Kier molecular flexibility index (Phi) is 3.33. The Morgan fingerprint density at radius 2 is 2.19 bits per heavy atom. The van der Waals surface area contributed by atoms with Crippen LogP contribution in [0, 0.1) is 0 Å². The fraction of sp³-hybridized carbons (Fsp3) is 0.400. The normalized spacial score (nSPS) is 23.7. The molecule has 0 radical (unpaired) electrons. The molecule has 0 bridgehead atoms. The average molecular weight is 377 g/mol. The summed E-state index contributed by atoms with van der Waals surface area (Å²) in [5.41, 5.74) is 1.58. The molecule has 0 amide bonds. The predicted octanol–water partition coefficient (Wildman–Crippen LogP) is 0.247. The highest BCUT2D eigenvalue weighted by Gasteiger charge is 2.40. The van der Waals surface area contributed by atoms with Crippen LogP contribution in [0.2, 0.25) is 0 Å². The molecule has 2 aliphatic rings. The summed E-state index contributed by atoms with van der Waals surface area (Å²) in [6.07, 6.45) is 1.98. The maximum absolute atomic E-state index is 13.0. The molecule has 10 nitrogen and oxygen atoms in total. The number of nitrogens with zero attached hydrogens (tertiary/aromatic N) is 4. The number of piperidine rings is 1. The monoisotopic (exact) mass is 377 g/mol. The van der Waals surface area contributed by atoms with Gasteiger partial charge in [0, 0.05) is 13.1 Å². The van der Waals surface area contributed by atoms with Crippen molar-refractivity contribution >= 4 is 21.1 Å². The Bertz CT molecular complexity index is 1150. The number of rotatable bonds is 2. The van der Waals surface area contributed by atoms with E-state index in [2.05, 4.69) is 15.3 Å². The first-order valence-corrected chi connectivity index (χ1v) is 9.60. The highest BCUT2D eigenvalue weighted by molar-refractivity contribution is 7.89. The molecular weight excluding hydrogens is 362 g/mol. The van der Waals surface area contributed by atoms with Gasteiger partial charge in [-0.3, -0.25) is 4.98 Å². The molecule has 1 fully saturated rings. The van der Waals surface area contributed by atoms with E-state index in [4.69, 9.17) is 9.15 Å². The molecule has 3 aromatic rings. The van der Waals surface area contributed by atoms with Crippen LogP contribution in [0.4, 0.5) is 0 Å². The van der Waals surface area contributed by atoms with E-state index in [9.17, 15) is 13.2 Å².